The molecule has 0 heterocycles. The van der Waals surface area contributed by atoms with Crippen LogP contribution in [0.1, 0.15) is 17.9 Å². The van der Waals surface area contributed by atoms with Gasteiger partial charge in [-0.1, -0.05) is 35.4 Å². The second-order valence-electron chi connectivity index (χ2n) is 3.03. The van der Waals surface area contributed by atoms with Crippen molar-refractivity contribution >= 4 is 0 Å². The van der Waals surface area contributed by atoms with Gasteiger partial charge in [0.25, 0.3) is 0 Å². The highest BCUT2D eigenvalue weighted by Gasteiger charge is 2.37. The Labute approximate surface area is 70.7 Å². The largest absolute Gasteiger partial charge is 0.0900 e. The Morgan fingerprint density at radius 1 is 1.33 bits per heavy atom. The van der Waals surface area contributed by atoms with Crippen molar-refractivity contribution in [2.75, 3.05) is 0 Å². The molecule has 0 saturated heterocycles. The van der Waals surface area contributed by atoms with E-state index in [-0.39, 0.29) is 6.04 Å². The SMILES string of the molecule is [N-]=[N+]=N[C@H]1C[C@@H]1c1ccccc1. The number of azide groups is 1. The molecule has 1 aliphatic carbocycles. The van der Waals surface area contributed by atoms with Gasteiger partial charge in [0.05, 0.1) is 0 Å². The van der Waals surface area contributed by atoms with E-state index in [9.17, 15) is 0 Å². The minimum Gasteiger partial charge on any atom is -0.0900 e. The van der Waals surface area contributed by atoms with E-state index in [0.717, 1.165) is 6.42 Å². The van der Waals surface area contributed by atoms with Gasteiger partial charge in [-0.3, -0.25) is 0 Å². The molecule has 60 valence electrons. The Balaban J connectivity index is 2.11. The lowest BCUT2D eigenvalue weighted by Gasteiger charge is -1.94. The van der Waals surface area contributed by atoms with E-state index in [0.29, 0.717) is 5.92 Å². The highest BCUT2D eigenvalue weighted by molar-refractivity contribution is 5.27. The van der Waals surface area contributed by atoms with Crippen LogP contribution in [0.3, 0.4) is 0 Å². The van der Waals surface area contributed by atoms with Crippen molar-refractivity contribution < 1.29 is 0 Å². The monoisotopic (exact) mass is 159 g/mol. The first kappa shape index (κ1) is 7.19. The average molecular weight is 159 g/mol. The van der Waals surface area contributed by atoms with Crippen LogP contribution < -0.4 is 0 Å². The van der Waals surface area contributed by atoms with Crippen molar-refractivity contribution in [1.29, 1.82) is 0 Å². The normalized spacial score (nSPS) is 26.0. The van der Waals surface area contributed by atoms with E-state index in [1.54, 1.807) is 0 Å². The second kappa shape index (κ2) is 2.88. The third-order valence-corrected chi connectivity index (χ3v) is 2.18. The number of rotatable bonds is 2. The molecule has 1 aliphatic rings. The minimum atomic E-state index is 0.206. The van der Waals surface area contributed by atoms with Gasteiger partial charge in [0.1, 0.15) is 0 Å². The third-order valence-electron chi connectivity index (χ3n) is 2.18. The zero-order chi connectivity index (χ0) is 8.39. The summed E-state index contributed by atoms with van der Waals surface area (Å²) >= 11 is 0. The molecule has 0 N–H and O–H groups in total. The van der Waals surface area contributed by atoms with E-state index in [4.69, 9.17) is 5.53 Å². The molecule has 0 aliphatic heterocycles. The maximum atomic E-state index is 8.20. The number of nitrogens with zero attached hydrogens (tertiary/aromatic N) is 3. The summed E-state index contributed by atoms with van der Waals surface area (Å²) in [7, 11) is 0. The van der Waals surface area contributed by atoms with Crippen LogP contribution in [0, 0.1) is 0 Å². The van der Waals surface area contributed by atoms with Gasteiger partial charge in [-0.2, -0.15) is 0 Å². The smallest absolute Gasteiger partial charge is 0.0448 e. The van der Waals surface area contributed by atoms with Gasteiger partial charge in [-0.05, 0) is 23.4 Å². The van der Waals surface area contributed by atoms with Gasteiger partial charge in [-0.25, -0.2) is 0 Å². The van der Waals surface area contributed by atoms with Gasteiger partial charge >= 0.3 is 0 Å². The van der Waals surface area contributed by atoms with Crippen molar-refractivity contribution in [3.05, 3.63) is 46.3 Å². The van der Waals surface area contributed by atoms with Crippen LogP contribution in [0.4, 0.5) is 0 Å². The predicted molar refractivity (Wildman–Crippen MR) is 46.7 cm³/mol. The summed E-state index contributed by atoms with van der Waals surface area (Å²) < 4.78 is 0. The van der Waals surface area contributed by atoms with Crippen LogP contribution >= 0.6 is 0 Å². The lowest BCUT2D eigenvalue weighted by molar-refractivity contribution is 0.975. The second-order valence-corrected chi connectivity index (χ2v) is 3.03. The number of benzene rings is 1. The fourth-order valence-electron chi connectivity index (χ4n) is 1.43. The summed E-state index contributed by atoms with van der Waals surface area (Å²) in [6.07, 6.45) is 1.01. The summed E-state index contributed by atoms with van der Waals surface area (Å²) in [6, 6.07) is 10.4. The van der Waals surface area contributed by atoms with Gasteiger partial charge in [-0.15, -0.1) is 0 Å². The van der Waals surface area contributed by atoms with Gasteiger partial charge in [0, 0.05) is 11.0 Å². The maximum Gasteiger partial charge on any atom is 0.0448 e. The first-order valence-electron chi connectivity index (χ1n) is 4.01. The van der Waals surface area contributed by atoms with Gasteiger partial charge in [0.2, 0.25) is 0 Å². The molecule has 1 aromatic carbocycles. The van der Waals surface area contributed by atoms with Gasteiger partial charge < -0.3 is 0 Å². The quantitative estimate of drug-likeness (QED) is 0.362. The zero-order valence-electron chi connectivity index (χ0n) is 6.59. The van der Waals surface area contributed by atoms with E-state index in [1.165, 1.54) is 5.56 Å². The highest BCUT2D eigenvalue weighted by Crippen LogP contribution is 2.43. The molecule has 0 spiro atoms. The molecule has 1 aromatic rings. The van der Waals surface area contributed by atoms with Crippen LogP contribution in [0.25, 0.3) is 10.4 Å². The molecule has 3 nitrogen and oxygen atoms in total. The standard InChI is InChI=1S/C9H9N3/c10-12-11-9-6-8(9)7-4-2-1-3-5-7/h1-5,8-9H,6H2/t8-,9+/m1/s1. The molecule has 0 unspecified atom stereocenters. The summed E-state index contributed by atoms with van der Waals surface area (Å²) in [4.78, 5) is 2.80. The van der Waals surface area contributed by atoms with E-state index >= 15 is 0 Å². The first-order valence-corrected chi connectivity index (χ1v) is 4.01. The van der Waals surface area contributed by atoms with Crippen LogP contribution in [-0.4, -0.2) is 6.04 Å². The minimum absolute atomic E-state index is 0.206. The van der Waals surface area contributed by atoms with Crippen LogP contribution in [0.15, 0.2) is 35.4 Å². The van der Waals surface area contributed by atoms with Crippen LogP contribution in [0.2, 0.25) is 0 Å². The molecule has 2 rings (SSSR count). The summed E-state index contributed by atoms with van der Waals surface area (Å²) in [5.41, 5.74) is 9.49. The average Bonchev–Trinajstić information content (AvgIpc) is 2.87. The van der Waals surface area contributed by atoms with E-state index < -0.39 is 0 Å². The summed E-state index contributed by atoms with van der Waals surface area (Å²) in [6.45, 7) is 0. The molecule has 1 fully saturated rings. The first-order chi connectivity index (χ1) is 5.92. The number of hydrogen-bond donors (Lipinski definition) is 0. The molecule has 0 bridgehead atoms. The number of hydrogen-bond acceptors (Lipinski definition) is 1. The van der Waals surface area contributed by atoms with Crippen molar-refractivity contribution in [2.45, 2.75) is 18.4 Å². The molecule has 0 aromatic heterocycles. The topological polar surface area (TPSA) is 48.8 Å². The Hall–Kier alpha value is -1.47. The summed E-state index contributed by atoms with van der Waals surface area (Å²) in [5, 5.41) is 3.67. The maximum absolute atomic E-state index is 8.20. The zero-order valence-corrected chi connectivity index (χ0v) is 6.59. The molecule has 12 heavy (non-hydrogen) atoms. The van der Waals surface area contributed by atoms with Crippen molar-refractivity contribution in [3.63, 3.8) is 0 Å². The Bertz CT molecular complexity index is 314. The van der Waals surface area contributed by atoms with Crippen molar-refractivity contribution in [3.8, 4) is 0 Å². The Morgan fingerprint density at radius 3 is 2.75 bits per heavy atom. The fraction of sp³-hybridized carbons (Fsp3) is 0.333. The molecule has 0 amide bonds. The van der Waals surface area contributed by atoms with E-state index in [2.05, 4.69) is 22.2 Å². The highest BCUT2D eigenvalue weighted by atomic mass is 15.2. The van der Waals surface area contributed by atoms with Crippen LogP contribution in [-0.2, 0) is 0 Å². The van der Waals surface area contributed by atoms with Crippen molar-refractivity contribution in [1.82, 2.24) is 0 Å². The lowest BCUT2D eigenvalue weighted by Crippen LogP contribution is -1.81. The molecular formula is C9H9N3. The van der Waals surface area contributed by atoms with Crippen molar-refractivity contribution in [2.24, 2.45) is 5.11 Å². The van der Waals surface area contributed by atoms with Gasteiger partial charge in [0.15, 0.2) is 0 Å². The fourth-order valence-corrected chi connectivity index (χ4v) is 1.43. The third kappa shape index (κ3) is 1.27. The lowest BCUT2D eigenvalue weighted by atomic mass is 10.1. The Kier molecular flexibility index (Phi) is 1.72. The molecule has 0 radical (unpaired) electrons. The molecular weight excluding hydrogens is 150 g/mol. The summed E-state index contributed by atoms with van der Waals surface area (Å²) in [5.74, 6) is 0.474. The van der Waals surface area contributed by atoms with E-state index in [1.807, 2.05) is 18.2 Å². The molecule has 1 saturated carbocycles. The Morgan fingerprint density at radius 2 is 2.08 bits per heavy atom. The predicted octanol–water partition coefficient (Wildman–Crippen LogP) is 2.85. The molecule has 3 heteroatoms. The van der Waals surface area contributed by atoms with Crippen LogP contribution in [0.5, 0.6) is 0 Å². The molecule has 2 atom stereocenters.